The molecule has 0 amide bonds. The van der Waals surface area contributed by atoms with Crippen molar-refractivity contribution in [2.45, 2.75) is 26.8 Å². The molecule has 0 saturated carbocycles. The first-order valence-corrected chi connectivity index (χ1v) is 6.28. The van der Waals surface area contributed by atoms with Gasteiger partial charge < -0.3 is 5.32 Å². The average Bonchev–Trinajstić information content (AvgIpc) is 2.75. The van der Waals surface area contributed by atoms with Gasteiger partial charge >= 0.3 is 0 Å². The van der Waals surface area contributed by atoms with E-state index in [1.165, 1.54) is 16.8 Å². The van der Waals surface area contributed by atoms with Crippen molar-refractivity contribution in [2.75, 3.05) is 5.32 Å². The summed E-state index contributed by atoms with van der Waals surface area (Å²) in [6.07, 6.45) is 1.85. The van der Waals surface area contributed by atoms with Crippen molar-refractivity contribution in [1.82, 2.24) is 4.98 Å². The van der Waals surface area contributed by atoms with E-state index in [1.807, 2.05) is 11.6 Å². The van der Waals surface area contributed by atoms with Gasteiger partial charge in [-0.1, -0.05) is 17.7 Å². The number of benzene rings is 1. The molecule has 1 heterocycles. The standard InChI is InChI=1S/C13H16N2S/c1-9-4-5-12(10(2)8-9)15-11(3)13-14-6-7-16-13/h4-8,11,15H,1-3H3. The monoisotopic (exact) mass is 232 g/mol. The van der Waals surface area contributed by atoms with Gasteiger partial charge in [0.05, 0.1) is 6.04 Å². The third-order valence-electron chi connectivity index (χ3n) is 2.58. The maximum absolute atomic E-state index is 4.32. The predicted molar refractivity (Wildman–Crippen MR) is 70.1 cm³/mol. The number of nitrogens with one attached hydrogen (secondary N) is 1. The molecule has 1 N–H and O–H groups in total. The maximum atomic E-state index is 4.32. The van der Waals surface area contributed by atoms with Gasteiger partial charge in [0.2, 0.25) is 0 Å². The van der Waals surface area contributed by atoms with Crippen molar-refractivity contribution in [1.29, 1.82) is 0 Å². The lowest BCUT2D eigenvalue weighted by Crippen LogP contribution is -2.07. The molecule has 0 aliphatic rings. The number of hydrogen-bond donors (Lipinski definition) is 1. The zero-order chi connectivity index (χ0) is 11.5. The highest BCUT2D eigenvalue weighted by atomic mass is 32.1. The normalized spacial score (nSPS) is 12.4. The summed E-state index contributed by atoms with van der Waals surface area (Å²) in [6, 6.07) is 6.72. The zero-order valence-corrected chi connectivity index (χ0v) is 10.6. The topological polar surface area (TPSA) is 24.9 Å². The van der Waals surface area contributed by atoms with Gasteiger partial charge in [0.25, 0.3) is 0 Å². The van der Waals surface area contributed by atoms with E-state index in [4.69, 9.17) is 0 Å². The molecule has 1 atom stereocenters. The van der Waals surface area contributed by atoms with Gasteiger partial charge in [0.15, 0.2) is 0 Å². The van der Waals surface area contributed by atoms with Crippen LogP contribution in [0.25, 0.3) is 0 Å². The Bertz CT molecular complexity index is 463. The lowest BCUT2D eigenvalue weighted by molar-refractivity contribution is 0.868. The predicted octanol–water partition coefficient (Wildman–Crippen LogP) is 3.93. The third kappa shape index (κ3) is 2.42. The first-order chi connectivity index (χ1) is 7.66. The molecule has 84 valence electrons. The Kier molecular flexibility index (Phi) is 3.25. The second-order valence-electron chi connectivity index (χ2n) is 4.05. The van der Waals surface area contributed by atoms with E-state index >= 15 is 0 Å². The third-order valence-corrected chi connectivity index (χ3v) is 3.53. The van der Waals surface area contributed by atoms with Crippen molar-refractivity contribution in [2.24, 2.45) is 0 Å². The zero-order valence-electron chi connectivity index (χ0n) is 9.82. The minimum absolute atomic E-state index is 0.265. The van der Waals surface area contributed by atoms with E-state index in [2.05, 4.69) is 49.3 Å². The number of anilines is 1. The van der Waals surface area contributed by atoms with E-state index in [9.17, 15) is 0 Å². The van der Waals surface area contributed by atoms with E-state index in [0.717, 1.165) is 5.01 Å². The molecular weight excluding hydrogens is 216 g/mol. The summed E-state index contributed by atoms with van der Waals surface area (Å²) in [4.78, 5) is 4.32. The van der Waals surface area contributed by atoms with Gasteiger partial charge in [-0.2, -0.15) is 0 Å². The van der Waals surface area contributed by atoms with Crippen LogP contribution in [0.5, 0.6) is 0 Å². The van der Waals surface area contributed by atoms with Crippen LogP contribution in [0.3, 0.4) is 0 Å². The van der Waals surface area contributed by atoms with Crippen LogP contribution in [-0.2, 0) is 0 Å². The molecule has 2 rings (SSSR count). The van der Waals surface area contributed by atoms with E-state index < -0.39 is 0 Å². The molecule has 0 aliphatic heterocycles. The Hall–Kier alpha value is -1.35. The second-order valence-corrected chi connectivity index (χ2v) is 4.98. The molecule has 1 unspecified atom stereocenters. The minimum Gasteiger partial charge on any atom is -0.376 e. The van der Waals surface area contributed by atoms with Gasteiger partial charge in [-0.05, 0) is 32.4 Å². The SMILES string of the molecule is Cc1ccc(NC(C)c2nccs2)c(C)c1. The summed E-state index contributed by atoms with van der Waals surface area (Å²) in [7, 11) is 0. The maximum Gasteiger partial charge on any atom is 0.115 e. The van der Waals surface area contributed by atoms with E-state index in [1.54, 1.807) is 11.3 Å². The van der Waals surface area contributed by atoms with Crippen LogP contribution in [0.15, 0.2) is 29.8 Å². The number of rotatable bonds is 3. The van der Waals surface area contributed by atoms with Crippen LogP contribution >= 0.6 is 11.3 Å². The van der Waals surface area contributed by atoms with Gasteiger partial charge in [-0.3, -0.25) is 0 Å². The van der Waals surface area contributed by atoms with Gasteiger partial charge in [0.1, 0.15) is 5.01 Å². The van der Waals surface area contributed by atoms with Crippen LogP contribution in [0, 0.1) is 13.8 Å². The molecule has 16 heavy (non-hydrogen) atoms. The van der Waals surface area contributed by atoms with E-state index in [0.29, 0.717) is 0 Å². The highest BCUT2D eigenvalue weighted by Gasteiger charge is 2.08. The molecule has 3 heteroatoms. The van der Waals surface area contributed by atoms with Crippen molar-refractivity contribution >= 4 is 17.0 Å². The molecule has 0 aliphatic carbocycles. The van der Waals surface area contributed by atoms with Crippen LogP contribution in [0.2, 0.25) is 0 Å². The fraction of sp³-hybridized carbons (Fsp3) is 0.308. The lowest BCUT2D eigenvalue weighted by atomic mass is 10.1. The molecule has 1 aromatic carbocycles. The summed E-state index contributed by atoms with van der Waals surface area (Å²) >= 11 is 1.69. The van der Waals surface area contributed by atoms with Crippen LogP contribution in [-0.4, -0.2) is 4.98 Å². The molecule has 0 spiro atoms. The molecule has 0 fully saturated rings. The number of aryl methyl sites for hydroxylation is 2. The first-order valence-electron chi connectivity index (χ1n) is 5.40. The lowest BCUT2D eigenvalue weighted by Gasteiger charge is -2.15. The highest BCUT2D eigenvalue weighted by Crippen LogP contribution is 2.23. The average molecular weight is 232 g/mol. The highest BCUT2D eigenvalue weighted by molar-refractivity contribution is 7.09. The molecule has 1 aromatic heterocycles. The Morgan fingerprint density at radius 1 is 1.31 bits per heavy atom. The van der Waals surface area contributed by atoms with Crippen molar-refractivity contribution < 1.29 is 0 Å². The molecule has 2 aromatic rings. The van der Waals surface area contributed by atoms with Crippen LogP contribution in [0.1, 0.15) is 29.1 Å². The molecule has 2 nitrogen and oxygen atoms in total. The van der Waals surface area contributed by atoms with Gasteiger partial charge in [-0.25, -0.2) is 4.98 Å². The van der Waals surface area contributed by atoms with Crippen molar-refractivity contribution in [3.63, 3.8) is 0 Å². The van der Waals surface area contributed by atoms with Gasteiger partial charge in [0, 0.05) is 17.3 Å². The Morgan fingerprint density at radius 2 is 2.12 bits per heavy atom. The summed E-state index contributed by atoms with van der Waals surface area (Å²) in [5, 5.41) is 6.62. The van der Waals surface area contributed by atoms with Crippen LogP contribution < -0.4 is 5.32 Å². The smallest absolute Gasteiger partial charge is 0.115 e. The van der Waals surface area contributed by atoms with Crippen molar-refractivity contribution in [3.8, 4) is 0 Å². The Labute approximate surface area is 100 Å². The summed E-state index contributed by atoms with van der Waals surface area (Å²) in [5.74, 6) is 0. The quantitative estimate of drug-likeness (QED) is 0.867. The largest absolute Gasteiger partial charge is 0.376 e. The number of hydrogen-bond acceptors (Lipinski definition) is 3. The number of nitrogens with zero attached hydrogens (tertiary/aromatic N) is 1. The number of thiazole rings is 1. The second kappa shape index (κ2) is 4.66. The fourth-order valence-electron chi connectivity index (χ4n) is 1.72. The molecule has 0 saturated heterocycles. The first kappa shape index (κ1) is 11.1. The van der Waals surface area contributed by atoms with Crippen LogP contribution in [0.4, 0.5) is 5.69 Å². The molecular formula is C13H16N2S. The summed E-state index contributed by atoms with van der Waals surface area (Å²) < 4.78 is 0. The fourth-order valence-corrected chi connectivity index (χ4v) is 2.36. The summed E-state index contributed by atoms with van der Waals surface area (Å²) in [6.45, 7) is 6.38. The Morgan fingerprint density at radius 3 is 2.75 bits per heavy atom. The van der Waals surface area contributed by atoms with Crippen molar-refractivity contribution in [3.05, 3.63) is 45.9 Å². The number of aromatic nitrogens is 1. The van der Waals surface area contributed by atoms with Gasteiger partial charge in [-0.15, -0.1) is 11.3 Å². The molecule has 0 radical (unpaired) electrons. The molecule has 0 bridgehead atoms. The summed E-state index contributed by atoms with van der Waals surface area (Å²) in [5.41, 5.74) is 3.77. The van der Waals surface area contributed by atoms with E-state index in [-0.39, 0.29) is 6.04 Å². The minimum atomic E-state index is 0.265. The Balaban J connectivity index is 2.15.